The van der Waals surface area contributed by atoms with Gasteiger partial charge in [-0.3, -0.25) is 4.79 Å². The third-order valence-electron chi connectivity index (χ3n) is 6.11. The van der Waals surface area contributed by atoms with E-state index in [1.54, 1.807) is 13.2 Å². The lowest BCUT2D eigenvalue weighted by atomic mass is 9.67. The van der Waals surface area contributed by atoms with E-state index in [1.165, 1.54) is 17.7 Å². The Balaban J connectivity index is 1.57. The molecule has 0 aromatic heterocycles. The van der Waals surface area contributed by atoms with Gasteiger partial charge in [-0.25, -0.2) is 8.78 Å². The molecule has 0 bridgehead atoms. The molecule has 0 aliphatic heterocycles. The van der Waals surface area contributed by atoms with Crippen LogP contribution in [0, 0.1) is 11.6 Å². The first-order valence-corrected chi connectivity index (χ1v) is 10.6. The molecule has 1 amide bonds. The van der Waals surface area contributed by atoms with E-state index in [1.807, 2.05) is 12.1 Å². The Morgan fingerprint density at radius 3 is 2.52 bits per heavy atom. The molecule has 31 heavy (non-hydrogen) atoms. The first-order chi connectivity index (χ1) is 14.7. The van der Waals surface area contributed by atoms with Gasteiger partial charge in [-0.2, -0.15) is 0 Å². The second-order valence-electron chi connectivity index (χ2n) is 8.68. The fourth-order valence-electron chi connectivity index (χ4n) is 4.50. The van der Waals surface area contributed by atoms with Gasteiger partial charge in [0.2, 0.25) is 5.91 Å². The Hall–Kier alpha value is -2.35. The maximum absolute atomic E-state index is 13.3. The molecular formula is C24H31F2N3O2. The van der Waals surface area contributed by atoms with E-state index in [2.05, 4.69) is 24.5 Å². The number of hydrogen-bond acceptors (Lipinski definition) is 4. The smallest absolute Gasteiger partial charge is 0.248 e. The Morgan fingerprint density at radius 1 is 1.16 bits per heavy atom. The number of hydrogen-bond donors (Lipinski definition) is 3. The number of fused-ring (bicyclic) bond motifs is 1. The number of amides is 1. The number of halogens is 2. The van der Waals surface area contributed by atoms with E-state index in [-0.39, 0.29) is 17.6 Å². The average molecular weight is 432 g/mol. The van der Waals surface area contributed by atoms with E-state index in [0.29, 0.717) is 24.2 Å². The second kappa shape index (κ2) is 9.85. The molecule has 3 rings (SSSR count). The Labute approximate surface area is 182 Å². The van der Waals surface area contributed by atoms with Crippen molar-refractivity contribution in [3.8, 4) is 0 Å². The van der Waals surface area contributed by atoms with Crippen LogP contribution in [0.1, 0.15) is 47.3 Å². The van der Waals surface area contributed by atoms with Crippen LogP contribution >= 0.6 is 0 Å². The molecule has 4 N–H and O–H groups in total. The van der Waals surface area contributed by atoms with Gasteiger partial charge >= 0.3 is 0 Å². The molecule has 1 aliphatic rings. The van der Waals surface area contributed by atoms with Crippen molar-refractivity contribution in [1.29, 1.82) is 0 Å². The number of nitrogens with one attached hydrogen (secondary N) is 2. The number of rotatable bonds is 9. The van der Waals surface area contributed by atoms with Crippen molar-refractivity contribution in [3.05, 3.63) is 70.3 Å². The van der Waals surface area contributed by atoms with Crippen LogP contribution in [-0.2, 0) is 23.1 Å². The minimum absolute atomic E-state index is 0.00477. The lowest BCUT2D eigenvalue weighted by Crippen LogP contribution is -2.57. The average Bonchev–Trinajstić information content (AvgIpc) is 2.70. The van der Waals surface area contributed by atoms with Crippen molar-refractivity contribution in [2.75, 3.05) is 20.2 Å². The summed E-state index contributed by atoms with van der Waals surface area (Å²) in [6.07, 6.45) is 1.61. The predicted octanol–water partition coefficient (Wildman–Crippen LogP) is 3.05. The summed E-state index contributed by atoms with van der Waals surface area (Å²) >= 11 is 0. The van der Waals surface area contributed by atoms with Gasteiger partial charge in [0.25, 0.3) is 0 Å². The van der Waals surface area contributed by atoms with Crippen LogP contribution in [0.25, 0.3) is 0 Å². The lowest BCUT2D eigenvalue weighted by molar-refractivity contribution is 0.0356. The standard InChI is InChI=1S/C24H31F2N3O2/c1-24(2)20-11-17(23(27)30)6-5-16(20)12-21(31-3)22(24)29-8-4-7-28-14-15-9-18(25)13-19(26)10-15/h5-6,9-11,13,21-22,28-29H,4,7-8,12,14H2,1-3H3,(H2,27,30)/t21-,22+/m0/s1. The molecule has 0 fully saturated rings. The topological polar surface area (TPSA) is 76.4 Å². The molecule has 7 heteroatoms. The maximum Gasteiger partial charge on any atom is 0.248 e. The van der Waals surface area contributed by atoms with E-state index in [0.717, 1.165) is 31.0 Å². The van der Waals surface area contributed by atoms with E-state index in [4.69, 9.17) is 10.5 Å². The quantitative estimate of drug-likeness (QED) is 0.534. The minimum atomic E-state index is -0.566. The molecule has 0 spiro atoms. The molecule has 0 radical (unpaired) electrons. The first-order valence-electron chi connectivity index (χ1n) is 10.6. The van der Waals surface area contributed by atoms with Gasteiger partial charge in [-0.15, -0.1) is 0 Å². The highest BCUT2D eigenvalue weighted by Crippen LogP contribution is 2.38. The summed E-state index contributed by atoms with van der Waals surface area (Å²) in [7, 11) is 1.72. The van der Waals surface area contributed by atoms with Crippen LogP contribution in [0.3, 0.4) is 0 Å². The summed E-state index contributed by atoms with van der Waals surface area (Å²) in [5, 5.41) is 6.84. The van der Waals surface area contributed by atoms with Crippen molar-refractivity contribution < 1.29 is 18.3 Å². The summed E-state index contributed by atoms with van der Waals surface area (Å²) in [5.41, 5.74) is 8.60. The van der Waals surface area contributed by atoms with Crippen molar-refractivity contribution in [3.63, 3.8) is 0 Å². The van der Waals surface area contributed by atoms with Gasteiger partial charge in [0.05, 0.1) is 6.10 Å². The summed E-state index contributed by atoms with van der Waals surface area (Å²) in [6.45, 7) is 6.17. The van der Waals surface area contributed by atoms with Gasteiger partial charge in [-0.1, -0.05) is 19.9 Å². The van der Waals surface area contributed by atoms with E-state index < -0.39 is 17.5 Å². The number of methoxy groups -OCH3 is 1. The Kier molecular flexibility index (Phi) is 7.41. The molecule has 5 nitrogen and oxygen atoms in total. The molecule has 0 heterocycles. The summed E-state index contributed by atoms with van der Waals surface area (Å²) in [6, 6.07) is 9.24. The highest BCUT2D eigenvalue weighted by molar-refractivity contribution is 5.93. The van der Waals surface area contributed by atoms with Crippen LogP contribution < -0.4 is 16.4 Å². The Bertz CT molecular complexity index is 913. The van der Waals surface area contributed by atoms with Crippen molar-refractivity contribution in [2.45, 2.75) is 50.8 Å². The van der Waals surface area contributed by atoms with Crippen LogP contribution in [0.5, 0.6) is 0 Å². The molecule has 168 valence electrons. The normalized spacial score (nSPS) is 19.8. The number of carbonyl (C=O) groups excluding carboxylic acids is 1. The molecular weight excluding hydrogens is 400 g/mol. The van der Waals surface area contributed by atoms with Gasteiger partial charge in [-0.05, 0) is 60.5 Å². The number of primary amides is 1. The van der Waals surface area contributed by atoms with Crippen LogP contribution in [0.2, 0.25) is 0 Å². The zero-order chi connectivity index (χ0) is 22.6. The highest BCUT2D eigenvalue weighted by Gasteiger charge is 2.42. The molecule has 1 aliphatic carbocycles. The third-order valence-corrected chi connectivity index (χ3v) is 6.11. The zero-order valence-corrected chi connectivity index (χ0v) is 18.3. The number of carbonyl (C=O) groups is 1. The monoisotopic (exact) mass is 431 g/mol. The fraction of sp³-hybridized carbons (Fsp3) is 0.458. The van der Waals surface area contributed by atoms with Crippen molar-refractivity contribution in [1.82, 2.24) is 10.6 Å². The first kappa shape index (κ1) is 23.3. The predicted molar refractivity (Wildman–Crippen MR) is 117 cm³/mol. The van der Waals surface area contributed by atoms with Gasteiger partial charge in [0, 0.05) is 43.2 Å². The van der Waals surface area contributed by atoms with Gasteiger partial charge in [0.1, 0.15) is 11.6 Å². The van der Waals surface area contributed by atoms with Crippen LogP contribution in [-0.4, -0.2) is 38.3 Å². The highest BCUT2D eigenvalue weighted by atomic mass is 19.1. The summed E-state index contributed by atoms with van der Waals surface area (Å²) < 4.78 is 32.3. The second-order valence-corrected chi connectivity index (χ2v) is 8.68. The molecule has 0 saturated carbocycles. The number of benzene rings is 2. The fourth-order valence-corrected chi connectivity index (χ4v) is 4.50. The van der Waals surface area contributed by atoms with Crippen LogP contribution in [0.4, 0.5) is 8.78 Å². The lowest BCUT2D eigenvalue weighted by Gasteiger charge is -2.45. The van der Waals surface area contributed by atoms with Crippen molar-refractivity contribution >= 4 is 5.91 Å². The van der Waals surface area contributed by atoms with E-state index >= 15 is 0 Å². The largest absolute Gasteiger partial charge is 0.379 e. The molecule has 0 saturated heterocycles. The maximum atomic E-state index is 13.3. The SMILES string of the molecule is CO[C@H]1Cc2ccc(C(N)=O)cc2C(C)(C)[C@@H]1NCCCNCc1cc(F)cc(F)c1. The molecule has 2 aromatic rings. The van der Waals surface area contributed by atoms with Crippen LogP contribution in [0.15, 0.2) is 36.4 Å². The molecule has 2 atom stereocenters. The number of ether oxygens (including phenoxy) is 1. The van der Waals surface area contributed by atoms with Crippen molar-refractivity contribution in [2.24, 2.45) is 5.73 Å². The van der Waals surface area contributed by atoms with Gasteiger partial charge in [0.15, 0.2) is 0 Å². The number of nitrogens with two attached hydrogens (primary N) is 1. The van der Waals surface area contributed by atoms with Gasteiger partial charge < -0.3 is 21.1 Å². The van der Waals surface area contributed by atoms with E-state index in [9.17, 15) is 13.6 Å². The minimum Gasteiger partial charge on any atom is -0.379 e. The third kappa shape index (κ3) is 5.47. The summed E-state index contributed by atoms with van der Waals surface area (Å²) in [4.78, 5) is 11.6. The molecule has 0 unspecified atom stereocenters. The summed E-state index contributed by atoms with van der Waals surface area (Å²) in [5.74, 6) is -1.56. The zero-order valence-electron chi connectivity index (χ0n) is 18.3. The molecule has 2 aromatic carbocycles. The Morgan fingerprint density at radius 2 is 1.87 bits per heavy atom.